The van der Waals surface area contributed by atoms with Crippen molar-refractivity contribution >= 4 is 5.91 Å². The van der Waals surface area contributed by atoms with Crippen molar-refractivity contribution in [1.82, 2.24) is 25.3 Å². The van der Waals surface area contributed by atoms with E-state index in [2.05, 4.69) is 20.6 Å². The van der Waals surface area contributed by atoms with Crippen molar-refractivity contribution in [2.24, 2.45) is 0 Å². The predicted octanol–water partition coefficient (Wildman–Crippen LogP) is 3.58. The monoisotopic (exact) mass is 403 g/mol. The lowest BCUT2D eigenvalue weighted by Crippen LogP contribution is -2.23. The number of aromatic nitrogens is 4. The molecule has 2 heterocycles. The van der Waals surface area contributed by atoms with Crippen LogP contribution in [0.25, 0.3) is 0 Å². The first kappa shape index (κ1) is 19.3. The Bertz CT molecular complexity index is 1130. The van der Waals surface area contributed by atoms with E-state index in [9.17, 15) is 9.18 Å². The molecule has 0 aliphatic heterocycles. The first-order valence-electron chi connectivity index (χ1n) is 9.26. The lowest BCUT2D eigenvalue weighted by atomic mass is 10.2. The van der Waals surface area contributed by atoms with Crippen molar-refractivity contribution in [3.8, 4) is 11.6 Å². The lowest BCUT2D eigenvalue weighted by molar-refractivity contribution is 0.0945. The number of carbonyl (C=O) groups excluding carboxylic acids is 1. The van der Waals surface area contributed by atoms with Crippen molar-refractivity contribution in [3.63, 3.8) is 0 Å². The zero-order chi connectivity index (χ0) is 20.8. The highest BCUT2D eigenvalue weighted by molar-refractivity contribution is 5.91. The van der Waals surface area contributed by atoms with Crippen LogP contribution in [-0.2, 0) is 13.1 Å². The molecule has 30 heavy (non-hydrogen) atoms. The Kier molecular flexibility index (Phi) is 5.75. The number of hydrogen-bond acceptors (Lipinski definition) is 5. The zero-order valence-corrected chi connectivity index (χ0v) is 15.9. The normalized spacial score (nSPS) is 10.6. The van der Waals surface area contributed by atoms with E-state index in [1.54, 1.807) is 29.2 Å². The molecule has 0 bridgehead atoms. The number of nitrogens with zero attached hydrogens (tertiary/aromatic N) is 4. The zero-order valence-electron chi connectivity index (χ0n) is 15.9. The van der Waals surface area contributed by atoms with Gasteiger partial charge in [-0.25, -0.2) is 14.1 Å². The van der Waals surface area contributed by atoms with E-state index in [1.807, 2.05) is 30.3 Å². The molecule has 8 heteroatoms. The first-order chi connectivity index (χ1) is 14.7. The van der Waals surface area contributed by atoms with Gasteiger partial charge in [0.05, 0.1) is 12.7 Å². The standard InChI is InChI=1S/C22H18FN5O2/c23-18-6-8-19(9-7-18)30-21-12-17(10-11-24-21)13-25-22(29)20-15-28(27-26-20)14-16-4-2-1-3-5-16/h1-12,15H,13-14H2,(H,25,29). The van der Waals surface area contributed by atoms with Gasteiger partial charge in [0.2, 0.25) is 5.88 Å². The average molecular weight is 403 g/mol. The van der Waals surface area contributed by atoms with Crippen LogP contribution in [-0.4, -0.2) is 25.9 Å². The van der Waals surface area contributed by atoms with E-state index < -0.39 is 0 Å². The van der Waals surface area contributed by atoms with Crippen molar-refractivity contribution in [3.05, 3.63) is 102 Å². The molecular weight excluding hydrogens is 385 g/mol. The smallest absolute Gasteiger partial charge is 0.273 e. The molecule has 4 rings (SSSR count). The third-order valence-corrected chi connectivity index (χ3v) is 4.25. The number of carbonyl (C=O) groups is 1. The molecule has 2 aromatic heterocycles. The summed E-state index contributed by atoms with van der Waals surface area (Å²) >= 11 is 0. The number of rotatable bonds is 7. The minimum Gasteiger partial charge on any atom is -0.439 e. The molecule has 0 saturated carbocycles. The molecule has 2 aromatic carbocycles. The summed E-state index contributed by atoms with van der Waals surface area (Å²) in [5.41, 5.74) is 2.11. The topological polar surface area (TPSA) is 81.9 Å². The molecular formula is C22H18FN5O2. The Hall–Kier alpha value is -4.07. The van der Waals surface area contributed by atoms with Gasteiger partial charge in [0, 0.05) is 18.8 Å². The number of benzene rings is 2. The highest BCUT2D eigenvalue weighted by atomic mass is 19.1. The molecule has 7 nitrogen and oxygen atoms in total. The minimum atomic E-state index is -0.340. The fourth-order valence-corrected chi connectivity index (χ4v) is 2.76. The summed E-state index contributed by atoms with van der Waals surface area (Å²) in [6, 6.07) is 18.9. The van der Waals surface area contributed by atoms with Gasteiger partial charge in [-0.3, -0.25) is 4.79 Å². The number of halogens is 1. The molecule has 0 aliphatic carbocycles. The number of hydrogen-bond donors (Lipinski definition) is 1. The molecule has 1 N–H and O–H groups in total. The number of amides is 1. The molecule has 0 fully saturated rings. The highest BCUT2D eigenvalue weighted by Crippen LogP contribution is 2.20. The largest absolute Gasteiger partial charge is 0.439 e. The van der Waals surface area contributed by atoms with E-state index in [1.165, 1.54) is 24.3 Å². The molecule has 0 radical (unpaired) electrons. The Labute approximate surface area is 172 Å². The van der Waals surface area contributed by atoms with E-state index >= 15 is 0 Å². The molecule has 0 aliphatic rings. The van der Waals surface area contributed by atoms with Crippen molar-refractivity contribution in [2.45, 2.75) is 13.1 Å². The van der Waals surface area contributed by atoms with Crippen LogP contribution in [0.1, 0.15) is 21.6 Å². The summed E-state index contributed by atoms with van der Waals surface area (Å²) in [6.45, 7) is 0.808. The summed E-state index contributed by atoms with van der Waals surface area (Å²) in [4.78, 5) is 16.5. The van der Waals surface area contributed by atoms with Gasteiger partial charge in [0.1, 0.15) is 11.6 Å². The molecule has 0 atom stereocenters. The van der Waals surface area contributed by atoms with Gasteiger partial charge in [0.15, 0.2) is 5.69 Å². The van der Waals surface area contributed by atoms with Crippen LogP contribution in [0.3, 0.4) is 0 Å². The summed E-state index contributed by atoms with van der Waals surface area (Å²) in [7, 11) is 0. The van der Waals surface area contributed by atoms with E-state index in [0.717, 1.165) is 11.1 Å². The second-order valence-electron chi connectivity index (χ2n) is 6.53. The molecule has 0 saturated heterocycles. The quantitative estimate of drug-likeness (QED) is 0.510. The molecule has 4 aromatic rings. The van der Waals surface area contributed by atoms with Crippen molar-refractivity contribution in [2.75, 3.05) is 0 Å². The number of nitrogens with one attached hydrogen (secondary N) is 1. The molecule has 150 valence electrons. The second-order valence-corrected chi connectivity index (χ2v) is 6.53. The predicted molar refractivity (Wildman–Crippen MR) is 107 cm³/mol. The Morgan fingerprint density at radius 1 is 1.03 bits per heavy atom. The SMILES string of the molecule is O=C(NCc1ccnc(Oc2ccc(F)cc2)c1)c1cn(Cc2ccccc2)nn1. The number of ether oxygens (including phenoxy) is 1. The second kappa shape index (κ2) is 8.95. The van der Waals surface area contributed by atoms with Gasteiger partial charge in [-0.1, -0.05) is 35.5 Å². The maximum atomic E-state index is 13.0. The minimum absolute atomic E-state index is 0.239. The third kappa shape index (κ3) is 5.05. The number of pyridine rings is 1. The Balaban J connectivity index is 1.34. The van der Waals surface area contributed by atoms with Crippen molar-refractivity contribution in [1.29, 1.82) is 0 Å². The van der Waals surface area contributed by atoms with Crippen LogP contribution in [0, 0.1) is 5.82 Å². The van der Waals surface area contributed by atoms with Gasteiger partial charge in [-0.15, -0.1) is 5.10 Å². The average Bonchev–Trinajstić information content (AvgIpc) is 3.23. The molecule has 0 unspecified atom stereocenters. The van der Waals surface area contributed by atoms with E-state index in [4.69, 9.17) is 4.74 Å². The van der Waals surface area contributed by atoms with Crippen molar-refractivity contribution < 1.29 is 13.9 Å². The highest BCUT2D eigenvalue weighted by Gasteiger charge is 2.11. The van der Waals surface area contributed by atoms with Gasteiger partial charge >= 0.3 is 0 Å². The lowest BCUT2D eigenvalue weighted by Gasteiger charge is -2.07. The van der Waals surface area contributed by atoms with Gasteiger partial charge in [0.25, 0.3) is 5.91 Å². The Morgan fingerprint density at radius 3 is 2.63 bits per heavy atom. The van der Waals surface area contributed by atoms with Crippen LogP contribution in [0.4, 0.5) is 4.39 Å². The van der Waals surface area contributed by atoms with Gasteiger partial charge in [-0.2, -0.15) is 0 Å². The fraction of sp³-hybridized carbons (Fsp3) is 0.0909. The third-order valence-electron chi connectivity index (χ3n) is 4.25. The van der Waals surface area contributed by atoms with Crippen LogP contribution >= 0.6 is 0 Å². The Morgan fingerprint density at radius 2 is 1.83 bits per heavy atom. The first-order valence-corrected chi connectivity index (χ1v) is 9.26. The fourth-order valence-electron chi connectivity index (χ4n) is 2.76. The molecule has 0 spiro atoms. The summed E-state index contributed by atoms with van der Waals surface area (Å²) < 4.78 is 20.2. The maximum Gasteiger partial charge on any atom is 0.273 e. The van der Waals surface area contributed by atoms with Crippen LogP contribution in [0.2, 0.25) is 0 Å². The van der Waals surface area contributed by atoms with Gasteiger partial charge in [-0.05, 0) is 41.5 Å². The van der Waals surface area contributed by atoms with Crippen LogP contribution in [0.15, 0.2) is 79.1 Å². The van der Waals surface area contributed by atoms with Crippen LogP contribution in [0.5, 0.6) is 11.6 Å². The van der Waals surface area contributed by atoms with E-state index in [-0.39, 0.29) is 24.0 Å². The molecule has 1 amide bonds. The summed E-state index contributed by atoms with van der Waals surface area (Å²) in [6.07, 6.45) is 3.19. The summed E-state index contributed by atoms with van der Waals surface area (Å²) in [5, 5.41) is 10.7. The van der Waals surface area contributed by atoms with Gasteiger partial charge < -0.3 is 10.1 Å². The maximum absolute atomic E-state index is 13.0. The summed E-state index contributed by atoms with van der Waals surface area (Å²) in [5.74, 6) is 0.155. The van der Waals surface area contributed by atoms with E-state index in [0.29, 0.717) is 18.2 Å². The van der Waals surface area contributed by atoms with Crippen LogP contribution < -0.4 is 10.1 Å².